The summed E-state index contributed by atoms with van der Waals surface area (Å²) in [6.07, 6.45) is 3.20. The molecule has 0 aliphatic heterocycles. The third-order valence-electron chi connectivity index (χ3n) is 2.99. The average Bonchev–Trinajstić information content (AvgIpc) is 3.17. The summed E-state index contributed by atoms with van der Waals surface area (Å²) in [5.41, 5.74) is 0. The highest BCUT2D eigenvalue weighted by atomic mass is 16.2. The molecule has 110 valence electrons. The van der Waals surface area contributed by atoms with E-state index in [2.05, 4.69) is 41.7 Å². The first kappa shape index (κ1) is 15.8. The number of carbonyl (C=O) groups is 1. The lowest BCUT2D eigenvalue weighted by molar-refractivity contribution is -0.122. The van der Waals surface area contributed by atoms with Crippen molar-refractivity contribution in [3.63, 3.8) is 0 Å². The molecular formula is C14H28N4O. The van der Waals surface area contributed by atoms with Crippen LogP contribution in [0.2, 0.25) is 0 Å². The van der Waals surface area contributed by atoms with E-state index in [1.807, 2.05) is 0 Å². The number of rotatable bonds is 8. The predicted molar refractivity (Wildman–Crippen MR) is 79.2 cm³/mol. The summed E-state index contributed by atoms with van der Waals surface area (Å²) in [6, 6.07) is 0. The predicted octanol–water partition coefficient (Wildman–Crippen LogP) is 1.11. The van der Waals surface area contributed by atoms with Gasteiger partial charge in [0.1, 0.15) is 0 Å². The van der Waals surface area contributed by atoms with Crippen LogP contribution < -0.4 is 16.0 Å². The zero-order valence-electron chi connectivity index (χ0n) is 12.5. The van der Waals surface area contributed by atoms with Gasteiger partial charge in [0.25, 0.3) is 0 Å². The maximum atomic E-state index is 11.4. The van der Waals surface area contributed by atoms with Gasteiger partial charge in [0, 0.05) is 32.1 Å². The molecule has 19 heavy (non-hydrogen) atoms. The molecule has 0 bridgehead atoms. The molecule has 3 N–H and O–H groups in total. The molecule has 1 fully saturated rings. The van der Waals surface area contributed by atoms with Gasteiger partial charge in [-0.2, -0.15) is 0 Å². The van der Waals surface area contributed by atoms with E-state index in [4.69, 9.17) is 0 Å². The molecule has 0 atom stereocenters. The molecule has 0 spiro atoms. The number of hydrogen-bond donors (Lipinski definition) is 3. The Morgan fingerprint density at radius 3 is 2.47 bits per heavy atom. The zero-order valence-corrected chi connectivity index (χ0v) is 12.5. The Balaban J connectivity index is 2.14. The summed E-state index contributed by atoms with van der Waals surface area (Å²) in [5, 5.41) is 9.37. The van der Waals surface area contributed by atoms with Gasteiger partial charge in [-0.25, -0.2) is 0 Å². The van der Waals surface area contributed by atoms with E-state index in [9.17, 15) is 4.79 Å². The van der Waals surface area contributed by atoms with Gasteiger partial charge >= 0.3 is 0 Å². The van der Waals surface area contributed by atoms with Crippen molar-refractivity contribution in [2.45, 2.75) is 40.0 Å². The molecule has 1 rings (SSSR count). The van der Waals surface area contributed by atoms with Crippen LogP contribution in [0.15, 0.2) is 4.99 Å². The van der Waals surface area contributed by atoms with Crippen molar-refractivity contribution in [3.8, 4) is 0 Å². The van der Waals surface area contributed by atoms with Crippen LogP contribution in [-0.2, 0) is 4.79 Å². The van der Waals surface area contributed by atoms with Crippen LogP contribution in [0.4, 0.5) is 0 Å². The topological polar surface area (TPSA) is 65.5 Å². The lowest BCUT2D eigenvalue weighted by atomic mass is 10.1. The number of aliphatic imine (C=N–C) groups is 1. The van der Waals surface area contributed by atoms with Crippen molar-refractivity contribution in [2.24, 2.45) is 16.8 Å². The van der Waals surface area contributed by atoms with E-state index in [1.54, 1.807) is 0 Å². The molecule has 0 aromatic carbocycles. The van der Waals surface area contributed by atoms with Gasteiger partial charge in [-0.1, -0.05) is 13.8 Å². The van der Waals surface area contributed by atoms with Crippen molar-refractivity contribution >= 4 is 11.9 Å². The van der Waals surface area contributed by atoms with Gasteiger partial charge in [-0.15, -0.1) is 0 Å². The monoisotopic (exact) mass is 268 g/mol. The van der Waals surface area contributed by atoms with Gasteiger partial charge in [-0.3, -0.25) is 9.79 Å². The Hall–Kier alpha value is -1.26. The molecule has 1 amide bonds. The highest BCUT2D eigenvalue weighted by Crippen LogP contribution is 2.28. The molecular weight excluding hydrogens is 240 g/mol. The van der Waals surface area contributed by atoms with Crippen molar-refractivity contribution < 1.29 is 4.79 Å². The van der Waals surface area contributed by atoms with Crippen LogP contribution in [-0.4, -0.2) is 38.0 Å². The summed E-state index contributed by atoms with van der Waals surface area (Å²) in [4.78, 5) is 15.9. The van der Waals surface area contributed by atoms with Crippen LogP contribution in [0.5, 0.6) is 0 Å². The summed E-state index contributed by atoms with van der Waals surface area (Å²) in [5.74, 6) is 1.99. The number of hydrogen-bond acceptors (Lipinski definition) is 2. The summed E-state index contributed by atoms with van der Waals surface area (Å²) in [6.45, 7) is 9.50. The Bertz CT molecular complexity index is 298. The van der Waals surface area contributed by atoms with E-state index in [-0.39, 0.29) is 11.8 Å². The number of guanidine groups is 1. The minimum atomic E-state index is 0.198. The highest BCUT2D eigenvalue weighted by Gasteiger charge is 2.28. The molecule has 0 unspecified atom stereocenters. The SMILES string of the molecule is CCNC(=NCCC(C)C)NCCNC(=O)C1CC1. The fourth-order valence-corrected chi connectivity index (χ4v) is 1.63. The Morgan fingerprint density at radius 2 is 1.89 bits per heavy atom. The van der Waals surface area contributed by atoms with Gasteiger partial charge in [0.05, 0.1) is 0 Å². The maximum Gasteiger partial charge on any atom is 0.223 e. The molecule has 1 aliphatic carbocycles. The summed E-state index contributed by atoms with van der Waals surface area (Å²) in [7, 11) is 0. The van der Waals surface area contributed by atoms with E-state index in [0.29, 0.717) is 19.0 Å². The normalized spacial score (nSPS) is 15.5. The fourth-order valence-electron chi connectivity index (χ4n) is 1.63. The smallest absolute Gasteiger partial charge is 0.223 e. The first-order chi connectivity index (χ1) is 9.13. The van der Waals surface area contributed by atoms with Gasteiger partial charge in [-0.05, 0) is 32.1 Å². The minimum absolute atomic E-state index is 0.198. The van der Waals surface area contributed by atoms with Crippen LogP contribution in [0, 0.1) is 11.8 Å². The highest BCUT2D eigenvalue weighted by molar-refractivity contribution is 5.81. The quantitative estimate of drug-likeness (QED) is 0.351. The second-order valence-corrected chi connectivity index (χ2v) is 5.44. The zero-order chi connectivity index (χ0) is 14.1. The van der Waals surface area contributed by atoms with Crippen molar-refractivity contribution in [3.05, 3.63) is 0 Å². The first-order valence-electron chi connectivity index (χ1n) is 7.43. The van der Waals surface area contributed by atoms with Crippen molar-refractivity contribution in [2.75, 3.05) is 26.2 Å². The Morgan fingerprint density at radius 1 is 1.21 bits per heavy atom. The lowest BCUT2D eigenvalue weighted by Crippen LogP contribution is -2.41. The number of carbonyl (C=O) groups excluding carboxylic acids is 1. The maximum absolute atomic E-state index is 11.4. The van der Waals surface area contributed by atoms with Gasteiger partial charge in [0.2, 0.25) is 5.91 Å². The number of nitrogens with one attached hydrogen (secondary N) is 3. The third kappa shape index (κ3) is 7.70. The second-order valence-electron chi connectivity index (χ2n) is 5.44. The Kier molecular flexibility index (Phi) is 7.30. The molecule has 5 heteroatoms. The van der Waals surface area contributed by atoms with E-state index >= 15 is 0 Å². The van der Waals surface area contributed by atoms with Crippen LogP contribution >= 0.6 is 0 Å². The largest absolute Gasteiger partial charge is 0.357 e. The van der Waals surface area contributed by atoms with Crippen molar-refractivity contribution in [1.82, 2.24) is 16.0 Å². The molecule has 1 aliphatic rings. The molecule has 0 saturated heterocycles. The molecule has 1 saturated carbocycles. The average molecular weight is 268 g/mol. The summed E-state index contributed by atoms with van der Waals surface area (Å²) < 4.78 is 0. The number of amides is 1. The second kappa shape index (κ2) is 8.77. The molecule has 0 aromatic rings. The summed E-state index contributed by atoms with van der Waals surface area (Å²) >= 11 is 0. The first-order valence-corrected chi connectivity index (χ1v) is 7.43. The molecule has 5 nitrogen and oxygen atoms in total. The fraction of sp³-hybridized carbons (Fsp3) is 0.857. The van der Waals surface area contributed by atoms with E-state index in [1.165, 1.54) is 0 Å². The van der Waals surface area contributed by atoms with Crippen molar-refractivity contribution in [1.29, 1.82) is 0 Å². The van der Waals surface area contributed by atoms with Gasteiger partial charge in [0.15, 0.2) is 5.96 Å². The van der Waals surface area contributed by atoms with Gasteiger partial charge < -0.3 is 16.0 Å². The molecule has 0 heterocycles. The Labute approximate surface area is 116 Å². The van der Waals surface area contributed by atoms with Crippen LogP contribution in [0.1, 0.15) is 40.0 Å². The molecule has 0 radical (unpaired) electrons. The third-order valence-corrected chi connectivity index (χ3v) is 2.99. The lowest BCUT2D eigenvalue weighted by Gasteiger charge is -2.12. The molecule has 0 aromatic heterocycles. The van der Waals surface area contributed by atoms with Crippen LogP contribution in [0.25, 0.3) is 0 Å². The van der Waals surface area contributed by atoms with E-state index in [0.717, 1.165) is 38.3 Å². The standard InChI is InChI=1S/C14H28N4O/c1-4-15-14(17-8-7-11(2)3)18-10-9-16-13(19)12-5-6-12/h11-12H,4-10H2,1-3H3,(H,16,19)(H2,15,17,18). The van der Waals surface area contributed by atoms with Crippen LogP contribution in [0.3, 0.4) is 0 Å². The number of nitrogens with zero attached hydrogens (tertiary/aromatic N) is 1. The van der Waals surface area contributed by atoms with E-state index < -0.39 is 0 Å². The minimum Gasteiger partial charge on any atom is -0.357 e.